The zero-order chi connectivity index (χ0) is 16.5. The van der Waals surface area contributed by atoms with Gasteiger partial charge < -0.3 is 20.3 Å². The molecule has 4 rings (SSSR count). The highest BCUT2D eigenvalue weighted by Crippen LogP contribution is 2.29. The van der Waals surface area contributed by atoms with Crippen LogP contribution in [0.2, 0.25) is 0 Å². The highest BCUT2D eigenvalue weighted by Gasteiger charge is 2.34. The van der Waals surface area contributed by atoms with Gasteiger partial charge in [-0.25, -0.2) is 4.98 Å². The summed E-state index contributed by atoms with van der Waals surface area (Å²) in [5.41, 5.74) is 6.67. The Morgan fingerprint density at radius 2 is 2.00 bits per heavy atom. The van der Waals surface area contributed by atoms with Gasteiger partial charge in [-0.2, -0.15) is 0 Å². The Bertz CT molecular complexity index is 699. The Balaban J connectivity index is 0.00000182. The molecular weight excluding hydrogens is 360 g/mol. The Morgan fingerprint density at radius 1 is 1.24 bits per heavy atom. The van der Waals surface area contributed by atoms with E-state index in [2.05, 4.69) is 11.0 Å². The van der Waals surface area contributed by atoms with E-state index in [4.69, 9.17) is 15.5 Å². The average molecular weight is 383 g/mol. The SMILES string of the molecule is Cl.NC[C@H]1CC[C@@H](C(=O)N2CCN(c3nc4ccccc4s3)CC2)O1. The minimum Gasteiger partial charge on any atom is -0.364 e. The number of nitrogens with zero attached hydrogens (tertiary/aromatic N) is 3. The molecule has 2 aromatic rings. The smallest absolute Gasteiger partial charge is 0.251 e. The van der Waals surface area contributed by atoms with Gasteiger partial charge in [0.2, 0.25) is 0 Å². The van der Waals surface area contributed by atoms with E-state index in [9.17, 15) is 4.79 Å². The summed E-state index contributed by atoms with van der Waals surface area (Å²) < 4.78 is 6.94. The summed E-state index contributed by atoms with van der Waals surface area (Å²) in [5.74, 6) is 0.120. The number of ether oxygens (including phenoxy) is 1. The normalized spacial score (nSPS) is 23.7. The maximum Gasteiger partial charge on any atom is 0.251 e. The molecule has 2 fully saturated rings. The van der Waals surface area contributed by atoms with Gasteiger partial charge in [-0.15, -0.1) is 12.4 Å². The molecule has 2 atom stereocenters. The molecule has 25 heavy (non-hydrogen) atoms. The first-order valence-corrected chi connectivity index (χ1v) is 9.31. The molecule has 1 amide bonds. The number of hydrogen-bond donors (Lipinski definition) is 1. The molecule has 3 heterocycles. The van der Waals surface area contributed by atoms with E-state index in [-0.39, 0.29) is 30.5 Å². The van der Waals surface area contributed by atoms with E-state index >= 15 is 0 Å². The number of piperazine rings is 1. The summed E-state index contributed by atoms with van der Waals surface area (Å²) in [6.45, 7) is 3.58. The van der Waals surface area contributed by atoms with E-state index in [0.29, 0.717) is 6.54 Å². The summed E-state index contributed by atoms with van der Waals surface area (Å²) in [7, 11) is 0. The summed E-state index contributed by atoms with van der Waals surface area (Å²) >= 11 is 1.71. The van der Waals surface area contributed by atoms with Gasteiger partial charge in [0.05, 0.1) is 16.3 Å². The van der Waals surface area contributed by atoms with Crippen molar-refractivity contribution in [1.29, 1.82) is 0 Å². The Hall–Kier alpha value is -1.41. The predicted octanol–water partition coefficient (Wildman–Crippen LogP) is 1.87. The number of amides is 1. The third-order valence-corrected chi connectivity index (χ3v) is 5.89. The maximum absolute atomic E-state index is 12.6. The molecule has 0 spiro atoms. The molecule has 1 aromatic heterocycles. The van der Waals surface area contributed by atoms with Gasteiger partial charge in [-0.05, 0) is 25.0 Å². The monoisotopic (exact) mass is 382 g/mol. The number of rotatable bonds is 3. The number of fused-ring (bicyclic) bond motifs is 1. The average Bonchev–Trinajstić information content (AvgIpc) is 3.28. The van der Waals surface area contributed by atoms with Crippen LogP contribution in [0.5, 0.6) is 0 Å². The van der Waals surface area contributed by atoms with Crippen molar-refractivity contribution in [2.24, 2.45) is 5.73 Å². The zero-order valence-corrected chi connectivity index (χ0v) is 15.6. The van der Waals surface area contributed by atoms with Crippen molar-refractivity contribution in [2.75, 3.05) is 37.6 Å². The van der Waals surface area contributed by atoms with Crippen molar-refractivity contribution in [3.63, 3.8) is 0 Å². The molecule has 0 bridgehead atoms. The number of aromatic nitrogens is 1. The molecule has 2 N–H and O–H groups in total. The number of para-hydroxylation sites is 1. The summed E-state index contributed by atoms with van der Waals surface area (Å²) in [6, 6.07) is 8.19. The molecule has 0 saturated carbocycles. The molecule has 136 valence electrons. The molecule has 8 heteroatoms. The second-order valence-electron chi connectivity index (χ2n) is 6.34. The summed E-state index contributed by atoms with van der Waals surface area (Å²) in [4.78, 5) is 21.5. The molecule has 6 nitrogen and oxygen atoms in total. The number of thiazole rings is 1. The second-order valence-corrected chi connectivity index (χ2v) is 7.35. The summed E-state index contributed by atoms with van der Waals surface area (Å²) in [5, 5.41) is 1.05. The van der Waals surface area contributed by atoms with Crippen LogP contribution in [0.1, 0.15) is 12.8 Å². The van der Waals surface area contributed by atoms with Gasteiger partial charge in [0.25, 0.3) is 5.91 Å². The van der Waals surface area contributed by atoms with Gasteiger partial charge in [0, 0.05) is 32.7 Å². The Labute approximate surface area is 157 Å². The van der Waals surface area contributed by atoms with Crippen molar-refractivity contribution in [1.82, 2.24) is 9.88 Å². The van der Waals surface area contributed by atoms with Crippen LogP contribution >= 0.6 is 23.7 Å². The first kappa shape index (κ1) is 18.4. The van der Waals surface area contributed by atoms with Crippen LogP contribution < -0.4 is 10.6 Å². The van der Waals surface area contributed by atoms with Gasteiger partial charge in [0.1, 0.15) is 6.10 Å². The van der Waals surface area contributed by atoms with Gasteiger partial charge >= 0.3 is 0 Å². The van der Waals surface area contributed by atoms with Crippen LogP contribution in [0.3, 0.4) is 0 Å². The lowest BCUT2D eigenvalue weighted by atomic mass is 10.1. The first-order chi connectivity index (χ1) is 11.7. The lowest BCUT2D eigenvalue weighted by Crippen LogP contribution is -2.51. The molecule has 1 aromatic carbocycles. The quantitative estimate of drug-likeness (QED) is 0.877. The predicted molar refractivity (Wildman–Crippen MR) is 103 cm³/mol. The molecule has 2 saturated heterocycles. The third-order valence-electron chi connectivity index (χ3n) is 4.79. The Kier molecular flexibility index (Phi) is 5.78. The first-order valence-electron chi connectivity index (χ1n) is 8.49. The van der Waals surface area contributed by atoms with Crippen molar-refractivity contribution in [2.45, 2.75) is 25.0 Å². The fraction of sp³-hybridized carbons (Fsp3) is 0.529. The van der Waals surface area contributed by atoms with Gasteiger partial charge in [-0.1, -0.05) is 23.5 Å². The van der Waals surface area contributed by atoms with Crippen molar-refractivity contribution >= 4 is 45.0 Å². The maximum atomic E-state index is 12.6. The lowest BCUT2D eigenvalue weighted by Gasteiger charge is -2.35. The van der Waals surface area contributed by atoms with E-state index in [0.717, 1.165) is 49.7 Å². The van der Waals surface area contributed by atoms with Crippen molar-refractivity contribution in [3.05, 3.63) is 24.3 Å². The largest absolute Gasteiger partial charge is 0.364 e. The van der Waals surface area contributed by atoms with Gasteiger partial charge in [0.15, 0.2) is 5.13 Å². The molecule has 2 aliphatic rings. The molecule has 0 radical (unpaired) electrons. The van der Waals surface area contributed by atoms with Crippen molar-refractivity contribution < 1.29 is 9.53 Å². The number of halogens is 1. The van der Waals surface area contributed by atoms with E-state index < -0.39 is 0 Å². The molecule has 0 aliphatic carbocycles. The Morgan fingerprint density at radius 3 is 2.68 bits per heavy atom. The molecule has 2 aliphatic heterocycles. The van der Waals surface area contributed by atoms with Crippen LogP contribution in [0.4, 0.5) is 5.13 Å². The van der Waals surface area contributed by atoms with Crippen LogP contribution in [-0.2, 0) is 9.53 Å². The number of anilines is 1. The van der Waals surface area contributed by atoms with Crippen LogP contribution in [0.25, 0.3) is 10.2 Å². The van der Waals surface area contributed by atoms with E-state index in [1.807, 2.05) is 23.1 Å². The van der Waals surface area contributed by atoms with E-state index in [1.54, 1.807) is 11.3 Å². The van der Waals surface area contributed by atoms with Crippen molar-refractivity contribution in [3.8, 4) is 0 Å². The highest BCUT2D eigenvalue weighted by molar-refractivity contribution is 7.22. The molecule has 0 unspecified atom stereocenters. The van der Waals surface area contributed by atoms with Crippen LogP contribution in [0.15, 0.2) is 24.3 Å². The fourth-order valence-corrected chi connectivity index (χ4v) is 4.40. The van der Waals surface area contributed by atoms with Crippen LogP contribution in [0, 0.1) is 0 Å². The molecular formula is C17H23ClN4O2S. The minimum atomic E-state index is -0.299. The number of nitrogens with two attached hydrogens (primary N) is 1. The number of carbonyl (C=O) groups is 1. The number of carbonyl (C=O) groups excluding carboxylic acids is 1. The summed E-state index contributed by atoms with van der Waals surface area (Å²) in [6.07, 6.45) is 1.42. The van der Waals surface area contributed by atoms with Crippen LogP contribution in [-0.4, -0.2) is 60.7 Å². The lowest BCUT2D eigenvalue weighted by molar-refractivity contribution is -0.143. The standard InChI is InChI=1S/C17H22N4O2S.ClH/c18-11-12-5-6-14(23-12)16(22)20-7-9-21(10-8-20)17-19-13-3-1-2-4-15(13)24-17;/h1-4,12,14H,5-11,18H2;1H/t12-,14+;/m1./s1. The number of benzene rings is 1. The highest BCUT2D eigenvalue weighted by atomic mass is 35.5. The minimum absolute atomic E-state index is 0. The van der Waals surface area contributed by atoms with E-state index in [1.165, 1.54) is 4.70 Å². The zero-order valence-electron chi connectivity index (χ0n) is 14.0. The second kappa shape index (κ2) is 7.86. The fourth-order valence-electron chi connectivity index (χ4n) is 3.38. The van der Waals surface area contributed by atoms with Gasteiger partial charge in [-0.3, -0.25) is 4.79 Å². The topological polar surface area (TPSA) is 71.7 Å². The third kappa shape index (κ3) is 3.74. The number of hydrogen-bond acceptors (Lipinski definition) is 6.